The monoisotopic (exact) mass is 426 g/mol. The smallest absolute Gasteiger partial charge is 0.170 e. The van der Waals surface area contributed by atoms with Gasteiger partial charge in [0.2, 0.25) is 0 Å². The average molecular weight is 427 g/mol. The number of benzene rings is 1. The molecule has 0 unspecified atom stereocenters. The number of nitriles is 1. The Hall–Kier alpha value is -2.94. The van der Waals surface area contributed by atoms with Crippen LogP contribution in [0.15, 0.2) is 72.4 Å². The molecule has 0 spiro atoms. The molecule has 2 heterocycles. The van der Waals surface area contributed by atoms with Crippen molar-refractivity contribution in [2.75, 3.05) is 0 Å². The normalized spacial score (nSPS) is 10.8. The van der Waals surface area contributed by atoms with Crippen molar-refractivity contribution in [2.45, 2.75) is 26.1 Å². The number of pyridine rings is 2. The van der Waals surface area contributed by atoms with Crippen LogP contribution in [0, 0.1) is 11.3 Å². The summed E-state index contributed by atoms with van der Waals surface area (Å²) in [5.74, 6) is 0. The molecule has 1 aromatic carbocycles. The zero-order valence-corrected chi connectivity index (χ0v) is 17.2. The Bertz CT molecular complexity index is 992. The number of hydrogen-bond donors (Lipinski definition) is 0. The van der Waals surface area contributed by atoms with Gasteiger partial charge in [-0.25, -0.2) is 9.13 Å². The second-order valence-electron chi connectivity index (χ2n) is 6.37. The summed E-state index contributed by atoms with van der Waals surface area (Å²) < 4.78 is 4.19. The Kier molecular flexibility index (Phi) is 7.57. The minimum absolute atomic E-state index is 0.217. The summed E-state index contributed by atoms with van der Waals surface area (Å²) in [4.78, 5) is 5.32. The van der Waals surface area contributed by atoms with Crippen LogP contribution in [0.5, 0.6) is 0 Å². The van der Waals surface area contributed by atoms with E-state index in [4.69, 9.17) is 33.3 Å². The van der Waals surface area contributed by atoms with Gasteiger partial charge in [0.05, 0.1) is 24.3 Å². The van der Waals surface area contributed by atoms with E-state index in [1.165, 1.54) is 0 Å². The van der Waals surface area contributed by atoms with Crippen LogP contribution < -0.4 is 9.13 Å². The second kappa shape index (κ2) is 10.6. The van der Waals surface area contributed by atoms with Gasteiger partial charge in [0, 0.05) is 45.4 Å². The minimum Gasteiger partial charge on any atom is -0.391 e. The Morgan fingerprint density at radius 2 is 1.52 bits per heavy atom. The molecule has 0 fully saturated rings. The number of hydrogen-bond acceptors (Lipinski definition) is 3. The lowest BCUT2D eigenvalue weighted by Gasteiger charge is -2.04. The number of nitrogens with zero attached hydrogens (tertiary/aromatic N) is 4. The predicted octanol–water partition coefficient (Wildman–Crippen LogP) is 4.08. The Morgan fingerprint density at radius 1 is 0.931 bits per heavy atom. The second-order valence-corrected chi connectivity index (χ2v) is 7.18. The molecule has 0 N–H and O–H groups in total. The lowest BCUT2D eigenvalue weighted by molar-refractivity contribution is -0.726. The van der Waals surface area contributed by atoms with Gasteiger partial charge in [-0.2, -0.15) is 5.26 Å². The summed E-state index contributed by atoms with van der Waals surface area (Å²) in [5.41, 5.74) is 2.33. The quantitative estimate of drug-likeness (QED) is 0.309. The Morgan fingerprint density at radius 3 is 2.10 bits per heavy atom. The summed E-state index contributed by atoms with van der Waals surface area (Å²) in [7, 11) is 0. The molecule has 0 saturated carbocycles. The summed E-state index contributed by atoms with van der Waals surface area (Å²) in [6.45, 7) is 2.00. The summed E-state index contributed by atoms with van der Waals surface area (Å²) in [6, 6.07) is 15.1. The number of rotatable bonds is 8. The van der Waals surface area contributed by atoms with Gasteiger partial charge in [-0.1, -0.05) is 34.4 Å². The first-order valence-corrected chi connectivity index (χ1v) is 9.88. The SMILES string of the molecule is N#Cc1cc[n+](CCC[n+]2ccc(/C=N/OCc3c(Cl)cccc3Cl)cc2)cc1. The van der Waals surface area contributed by atoms with Crippen LogP contribution in [-0.2, 0) is 24.5 Å². The molecule has 146 valence electrons. The molecular weight excluding hydrogens is 407 g/mol. The van der Waals surface area contributed by atoms with E-state index in [0.717, 1.165) is 30.6 Å². The van der Waals surface area contributed by atoms with Crippen molar-refractivity contribution in [1.82, 2.24) is 0 Å². The van der Waals surface area contributed by atoms with Gasteiger partial charge in [0.1, 0.15) is 6.61 Å². The van der Waals surface area contributed by atoms with Crippen molar-refractivity contribution in [3.8, 4) is 6.07 Å². The van der Waals surface area contributed by atoms with E-state index in [2.05, 4.69) is 20.4 Å². The van der Waals surface area contributed by atoms with Gasteiger partial charge in [0.15, 0.2) is 37.9 Å². The lowest BCUT2D eigenvalue weighted by Crippen LogP contribution is -2.38. The fourth-order valence-electron chi connectivity index (χ4n) is 2.69. The van der Waals surface area contributed by atoms with Gasteiger partial charge in [-0.3, -0.25) is 0 Å². The molecule has 3 aromatic rings. The first kappa shape index (κ1) is 20.8. The number of aryl methyl sites for hydroxylation is 2. The summed E-state index contributed by atoms with van der Waals surface area (Å²) in [6.07, 6.45) is 10.5. The number of oxime groups is 1. The molecule has 0 bridgehead atoms. The third-order valence-electron chi connectivity index (χ3n) is 4.32. The predicted molar refractivity (Wildman–Crippen MR) is 111 cm³/mol. The molecule has 3 rings (SSSR count). The molecule has 7 heteroatoms. The standard InChI is InChI=1S/C22H20Cl2N4O/c23-21-3-1-4-22(24)20(21)17-29-26-16-19-7-13-28(14-8-19)10-2-9-27-11-5-18(15-25)6-12-27/h1,3-8,11-14,16H,2,9-10,17H2/q+2/b26-16+. The first-order chi connectivity index (χ1) is 14.2. The van der Waals surface area contributed by atoms with E-state index in [1.807, 2.05) is 49.1 Å². The highest BCUT2D eigenvalue weighted by atomic mass is 35.5. The number of halogens is 2. The van der Waals surface area contributed by atoms with E-state index in [-0.39, 0.29) is 6.61 Å². The van der Waals surface area contributed by atoms with E-state index >= 15 is 0 Å². The topological polar surface area (TPSA) is 53.1 Å². The maximum atomic E-state index is 8.83. The molecule has 29 heavy (non-hydrogen) atoms. The zero-order chi connectivity index (χ0) is 20.5. The fraction of sp³-hybridized carbons (Fsp3) is 0.182. The molecule has 0 aliphatic heterocycles. The largest absolute Gasteiger partial charge is 0.391 e. The van der Waals surface area contributed by atoms with Crippen LogP contribution >= 0.6 is 23.2 Å². The fourth-order valence-corrected chi connectivity index (χ4v) is 3.20. The van der Waals surface area contributed by atoms with Crippen LogP contribution in [0.3, 0.4) is 0 Å². The maximum absolute atomic E-state index is 8.83. The molecule has 2 aromatic heterocycles. The highest BCUT2D eigenvalue weighted by Crippen LogP contribution is 2.24. The Labute approximate surface area is 180 Å². The van der Waals surface area contributed by atoms with Gasteiger partial charge in [0.25, 0.3) is 0 Å². The molecule has 0 aliphatic carbocycles. The molecule has 0 aliphatic rings. The highest BCUT2D eigenvalue weighted by molar-refractivity contribution is 6.35. The molecule has 0 atom stereocenters. The van der Waals surface area contributed by atoms with E-state index in [9.17, 15) is 0 Å². The zero-order valence-electron chi connectivity index (χ0n) is 15.7. The lowest BCUT2D eigenvalue weighted by atomic mass is 10.2. The van der Waals surface area contributed by atoms with Gasteiger partial charge in [-0.05, 0) is 12.1 Å². The van der Waals surface area contributed by atoms with Gasteiger partial charge >= 0.3 is 0 Å². The van der Waals surface area contributed by atoms with Crippen molar-refractivity contribution in [3.63, 3.8) is 0 Å². The third kappa shape index (κ3) is 6.28. The van der Waals surface area contributed by atoms with Crippen LogP contribution in [0.25, 0.3) is 0 Å². The summed E-state index contributed by atoms with van der Waals surface area (Å²) in [5, 5.41) is 13.9. The van der Waals surface area contributed by atoms with Crippen molar-refractivity contribution >= 4 is 29.4 Å². The molecule has 0 amide bonds. The van der Waals surface area contributed by atoms with Crippen LogP contribution in [-0.4, -0.2) is 6.21 Å². The molecular formula is C22H20Cl2N4O+2. The maximum Gasteiger partial charge on any atom is 0.170 e. The average Bonchev–Trinajstić information content (AvgIpc) is 2.74. The van der Waals surface area contributed by atoms with Crippen molar-refractivity contribution in [3.05, 3.63) is 94.0 Å². The van der Waals surface area contributed by atoms with Crippen LogP contribution in [0.1, 0.15) is 23.1 Å². The Balaban J connectivity index is 1.44. The van der Waals surface area contributed by atoms with Crippen molar-refractivity contribution < 1.29 is 14.0 Å². The van der Waals surface area contributed by atoms with Gasteiger partial charge in [-0.15, -0.1) is 0 Å². The van der Waals surface area contributed by atoms with E-state index in [1.54, 1.807) is 24.4 Å². The number of aromatic nitrogens is 2. The molecule has 0 radical (unpaired) electrons. The van der Waals surface area contributed by atoms with E-state index in [0.29, 0.717) is 15.6 Å². The summed E-state index contributed by atoms with van der Waals surface area (Å²) >= 11 is 12.2. The first-order valence-electron chi connectivity index (χ1n) is 9.12. The molecule has 5 nitrogen and oxygen atoms in total. The van der Waals surface area contributed by atoms with Crippen molar-refractivity contribution in [1.29, 1.82) is 5.26 Å². The van der Waals surface area contributed by atoms with Gasteiger partial charge < -0.3 is 4.84 Å². The van der Waals surface area contributed by atoms with Crippen LogP contribution in [0.2, 0.25) is 10.0 Å². The minimum atomic E-state index is 0.217. The third-order valence-corrected chi connectivity index (χ3v) is 5.02. The molecule has 0 saturated heterocycles. The van der Waals surface area contributed by atoms with Crippen LogP contribution in [0.4, 0.5) is 0 Å². The van der Waals surface area contributed by atoms with Crippen molar-refractivity contribution in [2.24, 2.45) is 5.16 Å². The van der Waals surface area contributed by atoms with E-state index < -0.39 is 0 Å². The highest BCUT2D eigenvalue weighted by Gasteiger charge is 2.06.